The Morgan fingerprint density at radius 1 is 1.40 bits per heavy atom. The summed E-state index contributed by atoms with van der Waals surface area (Å²) >= 11 is 0. The summed E-state index contributed by atoms with van der Waals surface area (Å²) in [5, 5.41) is 3.45. The maximum atomic E-state index is 5.18. The number of ether oxygens (including phenoxy) is 1. The maximum absolute atomic E-state index is 5.18. The van der Waals surface area contributed by atoms with Crippen LogP contribution < -0.4 is 10.2 Å². The Balaban J connectivity index is 1.96. The zero-order chi connectivity index (χ0) is 14.4. The lowest BCUT2D eigenvalue weighted by molar-refractivity contribution is 0.203. The summed E-state index contributed by atoms with van der Waals surface area (Å²) in [7, 11) is 1.73. The van der Waals surface area contributed by atoms with E-state index in [1.807, 2.05) is 12.4 Å². The summed E-state index contributed by atoms with van der Waals surface area (Å²) in [6, 6.07) is 1.14. The van der Waals surface area contributed by atoms with Crippen molar-refractivity contribution >= 4 is 5.82 Å². The van der Waals surface area contributed by atoms with Crippen molar-refractivity contribution in [2.75, 3.05) is 25.2 Å². The number of nitrogens with one attached hydrogen (secondary N) is 1. The fraction of sp³-hybridized carbons (Fsp3) is 0.733. The second-order valence-electron chi connectivity index (χ2n) is 5.46. The van der Waals surface area contributed by atoms with Crippen LogP contribution in [-0.4, -0.2) is 42.3 Å². The first-order valence-corrected chi connectivity index (χ1v) is 7.54. The van der Waals surface area contributed by atoms with Crippen LogP contribution in [0.15, 0.2) is 12.4 Å². The third kappa shape index (κ3) is 4.42. The third-order valence-electron chi connectivity index (χ3n) is 3.79. The van der Waals surface area contributed by atoms with Gasteiger partial charge in [0, 0.05) is 32.3 Å². The highest BCUT2D eigenvalue weighted by Crippen LogP contribution is 2.19. The van der Waals surface area contributed by atoms with Gasteiger partial charge in [-0.05, 0) is 26.2 Å². The van der Waals surface area contributed by atoms with Crippen molar-refractivity contribution in [1.29, 1.82) is 0 Å². The quantitative estimate of drug-likeness (QED) is 0.748. The van der Waals surface area contributed by atoms with Crippen LogP contribution in [0.2, 0.25) is 0 Å². The summed E-state index contributed by atoms with van der Waals surface area (Å²) in [5.74, 6) is 0.937. The van der Waals surface area contributed by atoms with E-state index < -0.39 is 0 Å². The van der Waals surface area contributed by atoms with Crippen molar-refractivity contribution in [2.45, 2.75) is 51.7 Å². The highest BCUT2D eigenvalue weighted by Gasteiger charge is 2.20. The number of aromatic nitrogens is 2. The van der Waals surface area contributed by atoms with E-state index in [1.165, 1.54) is 12.8 Å². The summed E-state index contributed by atoms with van der Waals surface area (Å²) in [4.78, 5) is 11.3. The molecule has 1 aromatic heterocycles. The first kappa shape index (κ1) is 15.2. The molecule has 0 amide bonds. The lowest BCUT2D eigenvalue weighted by Crippen LogP contribution is -2.36. The Labute approximate surface area is 121 Å². The molecule has 1 aliphatic rings. The minimum Gasteiger partial charge on any atom is -0.383 e. The van der Waals surface area contributed by atoms with Gasteiger partial charge in [-0.2, -0.15) is 0 Å². The minimum atomic E-state index is 0.440. The number of methoxy groups -OCH3 is 1. The van der Waals surface area contributed by atoms with E-state index in [-0.39, 0.29) is 0 Å². The number of hydrogen-bond acceptors (Lipinski definition) is 5. The molecule has 0 aromatic carbocycles. The number of rotatable bonds is 9. The van der Waals surface area contributed by atoms with Gasteiger partial charge in [-0.3, -0.25) is 4.98 Å². The predicted molar refractivity (Wildman–Crippen MR) is 80.9 cm³/mol. The van der Waals surface area contributed by atoms with Gasteiger partial charge in [0.1, 0.15) is 5.82 Å². The van der Waals surface area contributed by atoms with E-state index in [1.54, 1.807) is 7.11 Å². The largest absolute Gasteiger partial charge is 0.383 e. The SMILES string of the molecule is CCC(C)N(CCOC)c1cnc(CNC2CC2)cn1. The van der Waals surface area contributed by atoms with Gasteiger partial charge in [-0.15, -0.1) is 0 Å². The fourth-order valence-corrected chi connectivity index (χ4v) is 2.09. The highest BCUT2D eigenvalue weighted by atomic mass is 16.5. The van der Waals surface area contributed by atoms with Crippen LogP contribution in [0.1, 0.15) is 38.8 Å². The van der Waals surface area contributed by atoms with Gasteiger partial charge < -0.3 is 15.0 Å². The monoisotopic (exact) mass is 278 g/mol. The molecule has 0 saturated heterocycles. The minimum absolute atomic E-state index is 0.440. The van der Waals surface area contributed by atoms with Gasteiger partial charge in [0.25, 0.3) is 0 Å². The second kappa shape index (κ2) is 7.55. The molecule has 1 fully saturated rings. The van der Waals surface area contributed by atoms with Crippen LogP contribution in [0, 0.1) is 0 Å². The zero-order valence-electron chi connectivity index (χ0n) is 12.8. The average molecular weight is 278 g/mol. The van der Waals surface area contributed by atoms with Crippen LogP contribution in [0.3, 0.4) is 0 Å². The van der Waals surface area contributed by atoms with Crippen molar-refractivity contribution in [1.82, 2.24) is 15.3 Å². The van der Waals surface area contributed by atoms with Gasteiger partial charge in [0.05, 0.1) is 24.7 Å². The Morgan fingerprint density at radius 2 is 2.20 bits per heavy atom. The van der Waals surface area contributed by atoms with Crippen molar-refractivity contribution in [3.05, 3.63) is 18.1 Å². The lowest BCUT2D eigenvalue weighted by Gasteiger charge is -2.29. The molecule has 1 N–H and O–H groups in total. The maximum Gasteiger partial charge on any atom is 0.147 e. The van der Waals surface area contributed by atoms with Crippen LogP contribution in [0.5, 0.6) is 0 Å². The van der Waals surface area contributed by atoms with E-state index in [0.29, 0.717) is 18.7 Å². The molecule has 1 saturated carbocycles. The molecular formula is C15H26N4O. The molecule has 20 heavy (non-hydrogen) atoms. The molecule has 0 radical (unpaired) electrons. The molecule has 112 valence electrons. The first-order chi connectivity index (χ1) is 9.74. The van der Waals surface area contributed by atoms with Crippen LogP contribution >= 0.6 is 0 Å². The molecule has 1 unspecified atom stereocenters. The summed E-state index contributed by atoms with van der Waals surface area (Å²) in [6.07, 6.45) is 7.43. The average Bonchev–Trinajstić information content (AvgIpc) is 3.30. The normalized spacial score (nSPS) is 16.1. The highest BCUT2D eigenvalue weighted by molar-refractivity contribution is 5.37. The molecule has 0 aliphatic heterocycles. The molecule has 0 bridgehead atoms. The number of nitrogens with zero attached hydrogens (tertiary/aromatic N) is 3. The van der Waals surface area contributed by atoms with Crippen LogP contribution in [0.4, 0.5) is 5.82 Å². The smallest absolute Gasteiger partial charge is 0.147 e. The topological polar surface area (TPSA) is 50.3 Å². The Morgan fingerprint density at radius 3 is 2.75 bits per heavy atom. The van der Waals surface area contributed by atoms with E-state index in [9.17, 15) is 0 Å². The van der Waals surface area contributed by atoms with Crippen molar-refractivity contribution in [3.63, 3.8) is 0 Å². The molecule has 0 spiro atoms. The van der Waals surface area contributed by atoms with Crippen molar-refractivity contribution in [2.24, 2.45) is 0 Å². The predicted octanol–water partition coefficient (Wildman–Crippen LogP) is 1.98. The molecule has 1 aliphatic carbocycles. The molecule has 1 aromatic rings. The van der Waals surface area contributed by atoms with Crippen molar-refractivity contribution in [3.8, 4) is 0 Å². The van der Waals surface area contributed by atoms with E-state index in [4.69, 9.17) is 4.74 Å². The summed E-state index contributed by atoms with van der Waals surface area (Å²) < 4.78 is 5.18. The lowest BCUT2D eigenvalue weighted by atomic mass is 10.2. The Kier molecular flexibility index (Phi) is 5.73. The van der Waals surface area contributed by atoms with E-state index >= 15 is 0 Å². The molecule has 1 atom stereocenters. The van der Waals surface area contributed by atoms with Crippen LogP contribution in [0.25, 0.3) is 0 Å². The van der Waals surface area contributed by atoms with E-state index in [0.717, 1.165) is 31.0 Å². The Hall–Kier alpha value is -1.20. The third-order valence-corrected chi connectivity index (χ3v) is 3.79. The van der Waals surface area contributed by atoms with Gasteiger partial charge in [-0.1, -0.05) is 6.92 Å². The molecule has 2 rings (SSSR count). The van der Waals surface area contributed by atoms with Crippen LogP contribution in [-0.2, 0) is 11.3 Å². The fourth-order valence-electron chi connectivity index (χ4n) is 2.09. The number of hydrogen-bond donors (Lipinski definition) is 1. The van der Waals surface area contributed by atoms with E-state index in [2.05, 4.69) is 34.0 Å². The molecule has 5 nitrogen and oxygen atoms in total. The first-order valence-electron chi connectivity index (χ1n) is 7.54. The summed E-state index contributed by atoms with van der Waals surface area (Å²) in [6.45, 7) is 6.77. The number of anilines is 1. The molecular weight excluding hydrogens is 252 g/mol. The van der Waals surface area contributed by atoms with Gasteiger partial charge in [-0.25, -0.2) is 4.98 Å². The zero-order valence-corrected chi connectivity index (χ0v) is 12.8. The van der Waals surface area contributed by atoms with Crippen molar-refractivity contribution < 1.29 is 4.74 Å². The van der Waals surface area contributed by atoms with Gasteiger partial charge in [0.2, 0.25) is 0 Å². The standard InChI is InChI=1S/C15H26N4O/c1-4-12(2)19(7-8-20-3)15-11-17-14(10-18-15)9-16-13-5-6-13/h10-13,16H,4-9H2,1-3H3. The van der Waals surface area contributed by atoms with Gasteiger partial charge >= 0.3 is 0 Å². The second-order valence-corrected chi connectivity index (χ2v) is 5.46. The Bertz CT molecular complexity index is 391. The molecule has 5 heteroatoms. The summed E-state index contributed by atoms with van der Waals surface area (Å²) in [5.41, 5.74) is 1.01. The van der Waals surface area contributed by atoms with Gasteiger partial charge in [0.15, 0.2) is 0 Å². The molecule has 1 heterocycles.